The maximum Gasteiger partial charge on any atom is 0.335 e. The number of carbonyl (C=O) groups is 2. The lowest BCUT2D eigenvalue weighted by atomic mass is 10.1. The van der Waals surface area contributed by atoms with Gasteiger partial charge in [0.1, 0.15) is 12.4 Å². The molecule has 0 aliphatic rings. The largest absolute Gasteiger partial charge is 0.489 e. The van der Waals surface area contributed by atoms with Crippen molar-refractivity contribution in [2.45, 2.75) is 13.2 Å². The number of ether oxygens (including phenoxy) is 1. The van der Waals surface area contributed by atoms with Crippen LogP contribution in [0.5, 0.6) is 5.75 Å². The van der Waals surface area contributed by atoms with Crippen LogP contribution < -0.4 is 10.1 Å². The average Bonchev–Trinajstić information content (AvgIpc) is 2.76. The Morgan fingerprint density at radius 3 is 2.21 bits per heavy atom. The summed E-state index contributed by atoms with van der Waals surface area (Å²) in [4.78, 5) is 22.8. The fourth-order valence-electron chi connectivity index (χ4n) is 2.60. The Bertz CT molecular complexity index is 978. The summed E-state index contributed by atoms with van der Waals surface area (Å²) in [6.07, 6.45) is 3.19. The molecule has 3 rings (SSSR count). The molecule has 5 nitrogen and oxygen atoms in total. The van der Waals surface area contributed by atoms with Crippen LogP contribution in [-0.2, 0) is 17.9 Å². The molecule has 0 aromatic heterocycles. The van der Waals surface area contributed by atoms with Gasteiger partial charge in [0.05, 0.1) is 5.56 Å². The lowest BCUT2D eigenvalue weighted by Crippen LogP contribution is -2.20. The lowest BCUT2D eigenvalue weighted by Gasteiger charge is -2.06. The highest BCUT2D eigenvalue weighted by molar-refractivity contribution is 5.91. The van der Waals surface area contributed by atoms with Crippen molar-refractivity contribution in [3.8, 4) is 5.75 Å². The number of benzene rings is 3. The Balaban J connectivity index is 1.46. The number of nitrogens with one attached hydrogen (secondary N) is 1. The van der Waals surface area contributed by atoms with Crippen molar-refractivity contribution in [1.29, 1.82) is 0 Å². The van der Waals surface area contributed by atoms with E-state index in [1.165, 1.54) is 18.2 Å². The van der Waals surface area contributed by atoms with Gasteiger partial charge in [-0.3, -0.25) is 4.79 Å². The van der Waals surface area contributed by atoms with Crippen LogP contribution in [0.3, 0.4) is 0 Å². The second-order valence-electron chi connectivity index (χ2n) is 6.40. The zero-order chi connectivity index (χ0) is 20.5. The van der Waals surface area contributed by atoms with Crippen LogP contribution in [0.1, 0.15) is 27.0 Å². The normalized spacial score (nSPS) is 10.6. The summed E-state index contributed by atoms with van der Waals surface area (Å²) in [5.74, 6) is -0.433. The third-order valence-corrected chi connectivity index (χ3v) is 4.22. The molecule has 0 heterocycles. The van der Waals surface area contributed by atoms with E-state index in [0.717, 1.165) is 22.4 Å². The van der Waals surface area contributed by atoms with Gasteiger partial charge in [0.25, 0.3) is 0 Å². The molecule has 0 atom stereocenters. The summed E-state index contributed by atoms with van der Waals surface area (Å²) in [5, 5.41) is 11.7. The molecule has 0 aliphatic carbocycles. The monoisotopic (exact) mass is 387 g/mol. The molecule has 0 radical (unpaired) electrons. The molecule has 5 heteroatoms. The van der Waals surface area contributed by atoms with Crippen molar-refractivity contribution in [2.75, 3.05) is 0 Å². The number of carbonyl (C=O) groups excluding carboxylic acids is 1. The highest BCUT2D eigenvalue weighted by atomic mass is 16.5. The average molecular weight is 387 g/mol. The topological polar surface area (TPSA) is 75.6 Å². The molecule has 29 heavy (non-hydrogen) atoms. The molecular formula is C24H21NO4. The zero-order valence-corrected chi connectivity index (χ0v) is 15.7. The van der Waals surface area contributed by atoms with Crippen LogP contribution in [0.25, 0.3) is 6.08 Å². The molecule has 0 spiro atoms. The van der Waals surface area contributed by atoms with Gasteiger partial charge in [0.15, 0.2) is 0 Å². The highest BCUT2D eigenvalue weighted by Gasteiger charge is 2.02. The van der Waals surface area contributed by atoms with E-state index in [1.54, 1.807) is 18.2 Å². The highest BCUT2D eigenvalue weighted by Crippen LogP contribution is 2.15. The van der Waals surface area contributed by atoms with E-state index in [1.807, 2.05) is 54.6 Å². The van der Waals surface area contributed by atoms with Crippen LogP contribution in [0.4, 0.5) is 0 Å². The van der Waals surface area contributed by atoms with E-state index in [2.05, 4.69) is 5.32 Å². The second kappa shape index (κ2) is 9.90. The van der Waals surface area contributed by atoms with Crippen molar-refractivity contribution in [2.24, 2.45) is 0 Å². The summed E-state index contributed by atoms with van der Waals surface area (Å²) in [6, 6.07) is 23.8. The molecule has 0 saturated heterocycles. The van der Waals surface area contributed by atoms with Crippen LogP contribution in [0, 0.1) is 0 Å². The lowest BCUT2D eigenvalue weighted by molar-refractivity contribution is -0.116. The van der Waals surface area contributed by atoms with Crippen molar-refractivity contribution in [3.63, 3.8) is 0 Å². The predicted molar refractivity (Wildman–Crippen MR) is 111 cm³/mol. The van der Waals surface area contributed by atoms with Gasteiger partial charge in [0, 0.05) is 12.6 Å². The number of hydrogen-bond donors (Lipinski definition) is 2. The summed E-state index contributed by atoms with van der Waals surface area (Å²) in [5.41, 5.74) is 3.04. The van der Waals surface area contributed by atoms with Gasteiger partial charge < -0.3 is 15.2 Å². The van der Waals surface area contributed by atoms with Gasteiger partial charge in [-0.2, -0.15) is 0 Å². The first-order chi connectivity index (χ1) is 14.1. The van der Waals surface area contributed by atoms with Gasteiger partial charge in [-0.25, -0.2) is 4.79 Å². The van der Waals surface area contributed by atoms with E-state index in [4.69, 9.17) is 9.84 Å². The number of carboxylic acid groups (broad SMARTS) is 1. The van der Waals surface area contributed by atoms with E-state index >= 15 is 0 Å². The van der Waals surface area contributed by atoms with Gasteiger partial charge in [-0.05, 0) is 47.0 Å². The first-order valence-electron chi connectivity index (χ1n) is 9.15. The number of carboxylic acids is 1. The SMILES string of the molecule is O=C(/C=C/c1ccc(OCc2ccccc2)cc1)NCc1ccc(C(=O)O)cc1. The van der Waals surface area contributed by atoms with Crippen LogP contribution in [-0.4, -0.2) is 17.0 Å². The minimum atomic E-state index is -0.972. The summed E-state index contributed by atoms with van der Waals surface area (Å²) in [7, 11) is 0. The minimum absolute atomic E-state index is 0.219. The van der Waals surface area contributed by atoms with Crippen LogP contribution in [0.15, 0.2) is 84.9 Å². The Morgan fingerprint density at radius 2 is 1.55 bits per heavy atom. The molecule has 3 aromatic carbocycles. The maximum atomic E-state index is 12.0. The van der Waals surface area contributed by atoms with Crippen LogP contribution >= 0.6 is 0 Å². The summed E-state index contributed by atoms with van der Waals surface area (Å²) >= 11 is 0. The van der Waals surface area contributed by atoms with Crippen molar-refractivity contribution in [1.82, 2.24) is 5.32 Å². The molecular weight excluding hydrogens is 366 g/mol. The fourth-order valence-corrected chi connectivity index (χ4v) is 2.60. The smallest absolute Gasteiger partial charge is 0.335 e. The fraction of sp³-hybridized carbons (Fsp3) is 0.0833. The summed E-state index contributed by atoms with van der Waals surface area (Å²) < 4.78 is 5.74. The molecule has 146 valence electrons. The molecule has 3 aromatic rings. The Hall–Kier alpha value is -3.86. The van der Waals surface area contributed by atoms with Gasteiger partial charge in [-0.15, -0.1) is 0 Å². The zero-order valence-electron chi connectivity index (χ0n) is 15.7. The third kappa shape index (κ3) is 6.36. The number of aromatic carboxylic acids is 1. The van der Waals surface area contributed by atoms with Crippen molar-refractivity contribution >= 4 is 18.0 Å². The first kappa shape index (κ1) is 19.9. The predicted octanol–water partition coefficient (Wildman–Crippen LogP) is 4.29. The van der Waals surface area contributed by atoms with Gasteiger partial charge >= 0.3 is 5.97 Å². The molecule has 0 aliphatic heterocycles. The Labute approximate surface area is 169 Å². The molecule has 0 saturated carbocycles. The number of amides is 1. The number of rotatable bonds is 8. The number of hydrogen-bond acceptors (Lipinski definition) is 3. The van der Waals surface area contributed by atoms with E-state index < -0.39 is 5.97 Å². The third-order valence-electron chi connectivity index (χ3n) is 4.22. The van der Waals surface area contributed by atoms with E-state index in [9.17, 15) is 9.59 Å². The van der Waals surface area contributed by atoms with Gasteiger partial charge in [0.2, 0.25) is 5.91 Å². The molecule has 0 fully saturated rings. The Kier molecular flexibility index (Phi) is 6.79. The Morgan fingerprint density at radius 1 is 0.862 bits per heavy atom. The molecule has 0 bridgehead atoms. The van der Waals surface area contributed by atoms with E-state index in [0.29, 0.717) is 13.2 Å². The summed E-state index contributed by atoms with van der Waals surface area (Å²) in [6.45, 7) is 0.835. The van der Waals surface area contributed by atoms with Crippen molar-refractivity contribution < 1.29 is 19.4 Å². The van der Waals surface area contributed by atoms with Crippen LogP contribution in [0.2, 0.25) is 0 Å². The molecule has 1 amide bonds. The van der Waals surface area contributed by atoms with Gasteiger partial charge in [-0.1, -0.05) is 54.6 Å². The minimum Gasteiger partial charge on any atom is -0.489 e. The maximum absolute atomic E-state index is 12.0. The first-order valence-corrected chi connectivity index (χ1v) is 9.15. The molecule has 0 unspecified atom stereocenters. The van der Waals surface area contributed by atoms with Crippen molar-refractivity contribution in [3.05, 3.63) is 107 Å². The van der Waals surface area contributed by atoms with E-state index in [-0.39, 0.29) is 11.5 Å². The quantitative estimate of drug-likeness (QED) is 0.565. The standard InChI is InChI=1S/C24H21NO4/c26-23(25-16-19-6-11-21(12-7-19)24(27)28)15-10-18-8-13-22(14-9-18)29-17-20-4-2-1-3-5-20/h1-15H,16-17H2,(H,25,26)(H,27,28)/b15-10+. The molecule has 2 N–H and O–H groups in total. The second-order valence-corrected chi connectivity index (χ2v) is 6.40.